The van der Waals surface area contributed by atoms with Crippen molar-refractivity contribution >= 4 is 28.4 Å². The number of aliphatic hydroxyl groups excluding tert-OH is 1. The predicted octanol–water partition coefficient (Wildman–Crippen LogP) is 4.75. The van der Waals surface area contributed by atoms with Crippen molar-refractivity contribution in [2.75, 3.05) is 6.54 Å². The van der Waals surface area contributed by atoms with Crippen LogP contribution in [0, 0.1) is 0 Å². The molecule has 0 spiro atoms. The molecular formula is C25H30ClN3O2. The average Bonchev–Trinajstić information content (AvgIpc) is 3.42. The molecule has 0 unspecified atom stereocenters. The number of H-pyrrole nitrogens is 1. The summed E-state index contributed by atoms with van der Waals surface area (Å²) in [5.74, 6) is 0.00159. The molecule has 0 saturated heterocycles. The Hall–Kier alpha value is -2.34. The second-order valence-corrected chi connectivity index (χ2v) is 9.02. The Morgan fingerprint density at radius 1 is 1.23 bits per heavy atom. The third-order valence-corrected chi connectivity index (χ3v) is 6.39. The first-order valence-corrected chi connectivity index (χ1v) is 11.5. The van der Waals surface area contributed by atoms with E-state index in [1.165, 1.54) is 12.8 Å². The second kappa shape index (κ2) is 9.86. The second-order valence-electron chi connectivity index (χ2n) is 8.58. The molecule has 3 aromatic rings. The number of fused-ring (bicyclic) bond motifs is 1. The third kappa shape index (κ3) is 5.29. The number of hydrogen-bond donors (Lipinski definition) is 4. The average molecular weight is 440 g/mol. The summed E-state index contributed by atoms with van der Waals surface area (Å²) in [4.78, 5) is 16.1. The number of hydrogen-bond acceptors (Lipinski definition) is 3. The van der Waals surface area contributed by atoms with E-state index >= 15 is 0 Å². The fourth-order valence-electron chi connectivity index (χ4n) is 4.45. The van der Waals surface area contributed by atoms with E-state index in [9.17, 15) is 9.90 Å². The molecule has 1 aliphatic carbocycles. The Kier molecular flexibility index (Phi) is 6.96. The molecule has 164 valence electrons. The minimum Gasteiger partial charge on any atom is -0.387 e. The quantitative estimate of drug-likeness (QED) is 0.409. The molecule has 5 nitrogen and oxygen atoms in total. The number of carbonyl (C=O) groups excluding carboxylic acids is 1. The number of nitrogens with one attached hydrogen (secondary N) is 3. The van der Waals surface area contributed by atoms with Crippen molar-refractivity contribution in [2.24, 2.45) is 0 Å². The van der Waals surface area contributed by atoms with Crippen molar-refractivity contribution in [1.29, 1.82) is 0 Å². The fourth-order valence-corrected chi connectivity index (χ4v) is 4.65. The summed E-state index contributed by atoms with van der Waals surface area (Å²) >= 11 is 6.02. The Morgan fingerprint density at radius 3 is 2.77 bits per heavy atom. The molecule has 1 heterocycles. The van der Waals surface area contributed by atoms with Gasteiger partial charge in [0.15, 0.2) is 0 Å². The molecular weight excluding hydrogens is 410 g/mol. The highest BCUT2D eigenvalue weighted by Gasteiger charge is 2.20. The smallest absolute Gasteiger partial charge is 0.253 e. The van der Waals surface area contributed by atoms with Gasteiger partial charge in [-0.1, -0.05) is 48.7 Å². The lowest BCUT2D eigenvalue weighted by Crippen LogP contribution is -2.32. The Balaban J connectivity index is 1.39. The van der Waals surface area contributed by atoms with Crippen molar-refractivity contribution in [3.63, 3.8) is 0 Å². The van der Waals surface area contributed by atoms with Crippen LogP contribution in [-0.4, -0.2) is 34.6 Å². The molecule has 4 rings (SSSR count). The van der Waals surface area contributed by atoms with Crippen LogP contribution in [0.3, 0.4) is 0 Å². The number of benzene rings is 2. The maximum atomic E-state index is 12.8. The van der Waals surface area contributed by atoms with E-state index in [0.29, 0.717) is 23.2 Å². The summed E-state index contributed by atoms with van der Waals surface area (Å²) in [7, 11) is 0. The first kappa shape index (κ1) is 21.9. The molecule has 2 aromatic carbocycles. The highest BCUT2D eigenvalue weighted by Crippen LogP contribution is 2.25. The lowest BCUT2D eigenvalue weighted by atomic mass is 10.0. The molecule has 0 bridgehead atoms. The Morgan fingerprint density at radius 2 is 2.00 bits per heavy atom. The molecule has 31 heavy (non-hydrogen) atoms. The van der Waals surface area contributed by atoms with Crippen LogP contribution in [0.25, 0.3) is 10.9 Å². The number of aromatic amines is 1. The van der Waals surface area contributed by atoms with Gasteiger partial charge in [-0.15, -0.1) is 0 Å². The van der Waals surface area contributed by atoms with E-state index in [-0.39, 0.29) is 11.9 Å². The number of carbonyl (C=O) groups is 1. The van der Waals surface area contributed by atoms with Gasteiger partial charge in [-0.05, 0) is 55.5 Å². The lowest BCUT2D eigenvalue weighted by molar-refractivity contribution is 0.0939. The van der Waals surface area contributed by atoms with Gasteiger partial charge in [-0.3, -0.25) is 4.79 Å². The number of amides is 1. The number of rotatable bonds is 8. The molecule has 1 fully saturated rings. The van der Waals surface area contributed by atoms with Gasteiger partial charge in [0.25, 0.3) is 5.91 Å². The van der Waals surface area contributed by atoms with Gasteiger partial charge in [0.2, 0.25) is 0 Å². The number of aromatic nitrogens is 1. The molecule has 2 atom stereocenters. The van der Waals surface area contributed by atoms with Crippen molar-refractivity contribution < 1.29 is 9.90 Å². The number of halogens is 1. The van der Waals surface area contributed by atoms with Gasteiger partial charge >= 0.3 is 0 Å². The molecule has 0 radical (unpaired) electrons. The van der Waals surface area contributed by atoms with Crippen LogP contribution in [-0.2, 0) is 6.42 Å². The Labute approximate surface area is 188 Å². The highest BCUT2D eigenvalue weighted by atomic mass is 35.5. The normalized spacial score (nSPS) is 16.5. The zero-order valence-electron chi connectivity index (χ0n) is 17.8. The predicted molar refractivity (Wildman–Crippen MR) is 126 cm³/mol. The minimum atomic E-state index is -0.616. The first-order valence-electron chi connectivity index (χ1n) is 11.1. The maximum absolute atomic E-state index is 12.8. The summed E-state index contributed by atoms with van der Waals surface area (Å²) in [5.41, 5.74) is 3.55. The fraction of sp³-hybridized carbons (Fsp3) is 0.400. The number of aliphatic hydroxyl groups is 1. The topological polar surface area (TPSA) is 77.2 Å². The zero-order valence-corrected chi connectivity index (χ0v) is 18.6. The lowest BCUT2D eigenvalue weighted by Gasteiger charge is -2.17. The van der Waals surface area contributed by atoms with E-state index in [1.54, 1.807) is 12.1 Å². The van der Waals surface area contributed by atoms with E-state index < -0.39 is 6.10 Å². The van der Waals surface area contributed by atoms with Crippen molar-refractivity contribution in [3.8, 4) is 0 Å². The van der Waals surface area contributed by atoms with Crippen LogP contribution >= 0.6 is 11.6 Å². The molecule has 6 heteroatoms. The summed E-state index contributed by atoms with van der Waals surface area (Å²) in [6, 6.07) is 13.7. The Bertz CT molecular complexity index is 1040. The summed E-state index contributed by atoms with van der Waals surface area (Å²) in [6.45, 7) is 2.54. The van der Waals surface area contributed by atoms with Gasteiger partial charge in [-0.25, -0.2) is 0 Å². The molecule has 1 aliphatic rings. The van der Waals surface area contributed by atoms with E-state index in [2.05, 4.69) is 28.6 Å². The van der Waals surface area contributed by atoms with Crippen molar-refractivity contribution in [2.45, 2.75) is 57.2 Å². The van der Waals surface area contributed by atoms with Crippen LogP contribution in [0.5, 0.6) is 0 Å². The molecule has 0 aliphatic heterocycles. The van der Waals surface area contributed by atoms with Gasteiger partial charge in [0, 0.05) is 35.2 Å². The molecule has 1 saturated carbocycles. The van der Waals surface area contributed by atoms with Crippen LogP contribution in [0.1, 0.15) is 60.2 Å². The first-order chi connectivity index (χ1) is 15.0. The molecule has 1 amide bonds. The van der Waals surface area contributed by atoms with Crippen LogP contribution in [0.4, 0.5) is 0 Å². The monoisotopic (exact) mass is 439 g/mol. The van der Waals surface area contributed by atoms with E-state index in [1.807, 2.05) is 30.5 Å². The van der Waals surface area contributed by atoms with E-state index in [4.69, 9.17) is 11.6 Å². The standard InChI is InChI=1S/C25H30ClN3O2/c1-16(27-15-23(30)17-6-4-7-19(26)13-17)12-18-14-28-24-21(18)10-5-11-22(24)25(31)29-20-8-2-3-9-20/h4-7,10-11,13-14,16,20,23,27-28,30H,2-3,8-9,12,15H2,1H3,(H,29,31)/t16-,23+/m1/s1. The van der Waals surface area contributed by atoms with Gasteiger partial charge in [0.05, 0.1) is 17.2 Å². The van der Waals surface area contributed by atoms with E-state index in [0.717, 1.165) is 41.3 Å². The zero-order chi connectivity index (χ0) is 21.8. The number of para-hydroxylation sites is 1. The van der Waals surface area contributed by atoms with Crippen LogP contribution < -0.4 is 10.6 Å². The van der Waals surface area contributed by atoms with Crippen LogP contribution in [0.15, 0.2) is 48.7 Å². The van der Waals surface area contributed by atoms with Gasteiger partial charge in [0.1, 0.15) is 0 Å². The molecule has 1 aromatic heterocycles. The summed E-state index contributed by atoms with van der Waals surface area (Å²) in [6.07, 6.45) is 6.69. The van der Waals surface area contributed by atoms with Gasteiger partial charge in [-0.2, -0.15) is 0 Å². The highest BCUT2D eigenvalue weighted by molar-refractivity contribution is 6.30. The van der Waals surface area contributed by atoms with Gasteiger partial charge < -0.3 is 20.7 Å². The largest absolute Gasteiger partial charge is 0.387 e. The maximum Gasteiger partial charge on any atom is 0.253 e. The summed E-state index contributed by atoms with van der Waals surface area (Å²) in [5, 5.41) is 18.7. The SMILES string of the molecule is C[C@H](Cc1c[nH]c2c(C(=O)NC3CCCC3)cccc12)NC[C@H](O)c1cccc(Cl)c1. The third-order valence-electron chi connectivity index (χ3n) is 6.16. The summed E-state index contributed by atoms with van der Waals surface area (Å²) < 4.78 is 0. The van der Waals surface area contributed by atoms with Crippen molar-refractivity contribution in [1.82, 2.24) is 15.6 Å². The van der Waals surface area contributed by atoms with Crippen molar-refractivity contribution in [3.05, 3.63) is 70.4 Å². The minimum absolute atomic E-state index is 0.00159. The molecule has 4 N–H and O–H groups in total. The van der Waals surface area contributed by atoms with Crippen LogP contribution in [0.2, 0.25) is 5.02 Å².